The highest BCUT2D eigenvalue weighted by Gasteiger charge is 2.38. The first-order valence-corrected chi connectivity index (χ1v) is 9.95. The molecule has 0 fully saturated rings. The summed E-state index contributed by atoms with van der Waals surface area (Å²) in [6, 6.07) is 17.0. The number of thioether (sulfide) groups is 1. The Labute approximate surface area is 172 Å². The van der Waals surface area contributed by atoms with Gasteiger partial charge in [0.2, 0.25) is 5.78 Å². The summed E-state index contributed by atoms with van der Waals surface area (Å²) in [5.74, 6) is -1.48. The van der Waals surface area contributed by atoms with E-state index in [9.17, 15) is 19.2 Å². The smallest absolute Gasteiger partial charge is 0.276 e. The van der Waals surface area contributed by atoms with Crippen molar-refractivity contribution in [3.8, 4) is 0 Å². The molecule has 1 N–H and O–H groups in total. The van der Waals surface area contributed by atoms with Crippen molar-refractivity contribution in [1.82, 2.24) is 10.3 Å². The first-order valence-electron chi connectivity index (χ1n) is 9.01. The lowest BCUT2D eigenvalue weighted by Crippen LogP contribution is -2.52. The Morgan fingerprint density at radius 2 is 1.62 bits per heavy atom. The average molecular weight is 409 g/mol. The molecule has 2 unspecified atom stereocenters. The fourth-order valence-electron chi connectivity index (χ4n) is 2.80. The minimum Gasteiger partial charge on any atom is -0.321 e. The minimum atomic E-state index is -0.945. The zero-order valence-corrected chi connectivity index (χ0v) is 16.5. The number of benzene rings is 2. The van der Waals surface area contributed by atoms with E-state index in [0.717, 1.165) is 16.8 Å². The Kier molecular flexibility index (Phi) is 6.56. The summed E-state index contributed by atoms with van der Waals surface area (Å²) in [6.07, 6.45) is 0.628. The van der Waals surface area contributed by atoms with Crippen molar-refractivity contribution < 1.29 is 19.2 Å². The molecule has 29 heavy (non-hydrogen) atoms. The fraction of sp³-hybridized carbons (Fsp3) is 0.190. The number of carbonyl (C=O) groups excluding carboxylic acids is 4. The Bertz CT molecular complexity index is 947. The van der Waals surface area contributed by atoms with Gasteiger partial charge in [-0.15, -0.1) is 0 Å². The van der Waals surface area contributed by atoms with E-state index in [2.05, 4.69) is 10.4 Å². The van der Waals surface area contributed by atoms with E-state index in [4.69, 9.17) is 0 Å². The van der Waals surface area contributed by atoms with Crippen molar-refractivity contribution in [2.45, 2.75) is 24.1 Å². The highest BCUT2D eigenvalue weighted by atomic mass is 32.2. The van der Waals surface area contributed by atoms with Crippen molar-refractivity contribution in [2.75, 3.05) is 0 Å². The van der Waals surface area contributed by atoms with Crippen LogP contribution >= 0.6 is 11.8 Å². The van der Waals surface area contributed by atoms with Crippen LogP contribution in [0.4, 0.5) is 0 Å². The van der Waals surface area contributed by atoms with Gasteiger partial charge in [-0.1, -0.05) is 55.1 Å². The Morgan fingerprint density at radius 1 is 1.03 bits per heavy atom. The standard InChI is InChI=1S/C21H19N3O4S/c1-2-16-18(17(26)13-25)29-21(22-19(27)14-9-5-3-6-10-14)24(23-16)20(28)15-11-7-4-8-12-15/h3-13,18,21H,2H2,1H3,(H,22,27). The molecule has 0 radical (unpaired) electrons. The van der Waals surface area contributed by atoms with Gasteiger partial charge in [-0.2, -0.15) is 10.1 Å². The SMILES string of the molecule is CCC1=NN(C(=O)c2ccccc2)C(NC(=O)c2ccccc2)SC1C(=O)C=O. The summed E-state index contributed by atoms with van der Waals surface area (Å²) in [5.41, 5.74) is 0.261. The van der Waals surface area contributed by atoms with Crippen LogP contribution < -0.4 is 5.32 Å². The van der Waals surface area contributed by atoms with E-state index in [1.807, 2.05) is 0 Å². The summed E-state index contributed by atoms with van der Waals surface area (Å²) in [5, 5.41) is 7.40. The van der Waals surface area contributed by atoms with Crippen LogP contribution in [0, 0.1) is 0 Å². The zero-order valence-electron chi connectivity index (χ0n) is 15.6. The molecule has 0 spiro atoms. The lowest BCUT2D eigenvalue weighted by atomic mass is 10.1. The second-order valence-corrected chi connectivity index (χ2v) is 7.38. The number of carbonyl (C=O) groups is 4. The van der Waals surface area contributed by atoms with Crippen molar-refractivity contribution in [2.24, 2.45) is 5.10 Å². The molecule has 8 heteroatoms. The molecule has 1 aliphatic rings. The Hall–Kier alpha value is -3.26. The van der Waals surface area contributed by atoms with Crippen LogP contribution in [0.15, 0.2) is 65.8 Å². The third-order valence-corrected chi connectivity index (χ3v) is 5.63. The number of rotatable bonds is 6. The van der Waals surface area contributed by atoms with Crippen LogP contribution in [-0.2, 0) is 9.59 Å². The largest absolute Gasteiger partial charge is 0.321 e. The van der Waals surface area contributed by atoms with E-state index in [-0.39, 0.29) is 6.29 Å². The van der Waals surface area contributed by atoms with E-state index < -0.39 is 28.3 Å². The van der Waals surface area contributed by atoms with Crippen LogP contribution in [0.2, 0.25) is 0 Å². The number of hydrazone groups is 1. The van der Waals surface area contributed by atoms with Gasteiger partial charge in [0, 0.05) is 11.1 Å². The molecule has 0 saturated carbocycles. The average Bonchev–Trinajstić information content (AvgIpc) is 2.78. The lowest BCUT2D eigenvalue weighted by molar-refractivity contribution is -0.128. The number of hydrogen-bond donors (Lipinski definition) is 1. The summed E-state index contributed by atoms with van der Waals surface area (Å²) < 4.78 is 0. The molecule has 1 heterocycles. The van der Waals surface area contributed by atoms with Crippen molar-refractivity contribution in [3.63, 3.8) is 0 Å². The number of nitrogens with zero attached hydrogens (tertiary/aromatic N) is 2. The molecule has 7 nitrogen and oxygen atoms in total. The van der Waals surface area contributed by atoms with Crippen molar-refractivity contribution in [1.29, 1.82) is 0 Å². The summed E-state index contributed by atoms with van der Waals surface area (Å²) in [6.45, 7) is 1.79. The monoisotopic (exact) mass is 409 g/mol. The third-order valence-electron chi connectivity index (χ3n) is 4.28. The zero-order chi connectivity index (χ0) is 20.8. The lowest BCUT2D eigenvalue weighted by Gasteiger charge is -2.35. The topological polar surface area (TPSA) is 95.9 Å². The molecule has 2 aromatic rings. The van der Waals surface area contributed by atoms with Crippen LogP contribution in [0.1, 0.15) is 34.1 Å². The number of amides is 2. The van der Waals surface area contributed by atoms with Crippen LogP contribution in [0.5, 0.6) is 0 Å². The maximum absolute atomic E-state index is 13.0. The van der Waals surface area contributed by atoms with Gasteiger partial charge in [-0.05, 0) is 30.7 Å². The van der Waals surface area contributed by atoms with Gasteiger partial charge in [0.15, 0.2) is 11.8 Å². The molecule has 1 aliphatic heterocycles. The van der Waals surface area contributed by atoms with Gasteiger partial charge in [0.1, 0.15) is 5.25 Å². The normalized spacial score (nSPS) is 18.5. The highest BCUT2D eigenvalue weighted by molar-refractivity contribution is 8.02. The molecular weight excluding hydrogens is 390 g/mol. The molecular formula is C21H19N3O4S. The van der Waals surface area contributed by atoms with Crippen molar-refractivity contribution >= 4 is 41.4 Å². The number of nitrogens with one attached hydrogen (secondary N) is 1. The van der Waals surface area contributed by atoms with E-state index >= 15 is 0 Å². The molecule has 0 bridgehead atoms. The second kappa shape index (κ2) is 9.29. The van der Waals surface area contributed by atoms with Gasteiger partial charge in [-0.25, -0.2) is 0 Å². The predicted octanol–water partition coefficient (Wildman–Crippen LogP) is 2.49. The van der Waals surface area contributed by atoms with E-state index in [1.54, 1.807) is 67.6 Å². The second-order valence-electron chi connectivity index (χ2n) is 6.19. The molecule has 0 aromatic heterocycles. The van der Waals surface area contributed by atoms with E-state index in [1.165, 1.54) is 0 Å². The maximum Gasteiger partial charge on any atom is 0.276 e. The Morgan fingerprint density at radius 3 is 2.17 bits per heavy atom. The molecule has 2 amide bonds. The van der Waals surface area contributed by atoms with E-state index in [0.29, 0.717) is 23.3 Å². The minimum absolute atomic E-state index is 0.244. The molecule has 0 aliphatic carbocycles. The maximum atomic E-state index is 13.0. The number of Topliss-reactive ketones (excluding diaryl/α,β-unsaturated/α-hetero) is 1. The first kappa shape index (κ1) is 20.5. The van der Waals surface area contributed by atoms with Gasteiger partial charge in [-0.3, -0.25) is 19.2 Å². The van der Waals surface area contributed by atoms with Crippen molar-refractivity contribution in [3.05, 3.63) is 71.8 Å². The van der Waals surface area contributed by atoms with Gasteiger partial charge < -0.3 is 5.32 Å². The first-order chi connectivity index (χ1) is 14.0. The number of hydrogen-bond acceptors (Lipinski definition) is 6. The molecule has 148 valence electrons. The predicted molar refractivity (Wildman–Crippen MR) is 110 cm³/mol. The third kappa shape index (κ3) is 4.60. The quantitative estimate of drug-likeness (QED) is 0.584. The Balaban J connectivity index is 1.95. The molecule has 2 aromatic carbocycles. The summed E-state index contributed by atoms with van der Waals surface area (Å²) in [7, 11) is 0. The summed E-state index contributed by atoms with van der Waals surface area (Å²) >= 11 is 1.01. The molecule has 3 rings (SSSR count). The van der Waals surface area contributed by atoms with Crippen LogP contribution in [-0.4, -0.2) is 45.4 Å². The van der Waals surface area contributed by atoms with Gasteiger partial charge >= 0.3 is 0 Å². The van der Waals surface area contributed by atoms with Crippen LogP contribution in [0.25, 0.3) is 0 Å². The van der Waals surface area contributed by atoms with Crippen LogP contribution in [0.3, 0.4) is 0 Å². The molecule has 2 atom stereocenters. The van der Waals surface area contributed by atoms with Gasteiger partial charge in [0.25, 0.3) is 11.8 Å². The summed E-state index contributed by atoms with van der Waals surface area (Å²) in [4.78, 5) is 48.8. The van der Waals surface area contributed by atoms with Gasteiger partial charge in [0.05, 0.1) is 5.71 Å². The number of aldehydes is 1. The fourth-order valence-corrected chi connectivity index (χ4v) is 4.05. The molecule has 0 saturated heterocycles. The highest BCUT2D eigenvalue weighted by Crippen LogP contribution is 2.29. The number of ketones is 1.